The van der Waals surface area contributed by atoms with E-state index >= 15 is 0 Å². The van der Waals surface area contributed by atoms with Gasteiger partial charge in [0.1, 0.15) is 13.6 Å². The topological polar surface area (TPSA) is 6.48 Å². The number of nitrogens with zero attached hydrogens (tertiary/aromatic N) is 3. The highest BCUT2D eigenvalue weighted by atomic mass is 15.9. The van der Waals surface area contributed by atoms with Crippen molar-refractivity contribution in [2.75, 3.05) is 41.8 Å². The molecule has 0 bridgehead atoms. The molecule has 0 aliphatic heterocycles. The molecule has 0 saturated heterocycles. The number of hydrogen-bond acceptors (Lipinski definition) is 2. The SMILES string of the molecule is CC[N+](C)(N(C)C)N(C)C. The van der Waals surface area contributed by atoms with Crippen molar-refractivity contribution >= 4 is 0 Å². The van der Waals surface area contributed by atoms with E-state index in [0.29, 0.717) is 0 Å². The standard InChI is InChI=1S/C7H20N3/c1-7-10(6,8(2)3)9(4)5/h7H2,1-6H3/q+1. The summed E-state index contributed by atoms with van der Waals surface area (Å²) < 4.78 is 0.847. The molecule has 0 aromatic heterocycles. The second-order valence-electron chi connectivity index (χ2n) is 3.10. The third-order valence-electron chi connectivity index (χ3n) is 2.32. The fourth-order valence-electron chi connectivity index (χ4n) is 0.923. The minimum Gasteiger partial charge on any atom is -0.170 e. The van der Waals surface area contributed by atoms with Crippen LogP contribution < -0.4 is 0 Å². The van der Waals surface area contributed by atoms with Crippen molar-refractivity contribution in [1.29, 1.82) is 0 Å². The molecule has 62 valence electrons. The molecule has 0 heterocycles. The van der Waals surface area contributed by atoms with Crippen molar-refractivity contribution in [2.45, 2.75) is 6.92 Å². The van der Waals surface area contributed by atoms with Gasteiger partial charge in [-0.25, -0.2) is 0 Å². The summed E-state index contributed by atoms with van der Waals surface area (Å²) in [5, 5.41) is 4.36. The summed E-state index contributed by atoms with van der Waals surface area (Å²) in [7, 11) is 10.5. The van der Waals surface area contributed by atoms with Gasteiger partial charge in [0, 0.05) is 28.2 Å². The molecule has 0 amide bonds. The Kier molecular flexibility index (Phi) is 3.28. The molecule has 0 fully saturated rings. The first-order chi connectivity index (χ1) is 4.45. The Bertz CT molecular complexity index is 91.0. The van der Waals surface area contributed by atoms with Gasteiger partial charge in [-0.05, 0) is 6.92 Å². The van der Waals surface area contributed by atoms with Crippen molar-refractivity contribution < 1.29 is 4.70 Å². The van der Waals surface area contributed by atoms with E-state index in [9.17, 15) is 0 Å². The van der Waals surface area contributed by atoms with Crippen LogP contribution in [0.4, 0.5) is 0 Å². The first-order valence-corrected chi connectivity index (χ1v) is 3.66. The quantitative estimate of drug-likeness (QED) is 0.420. The van der Waals surface area contributed by atoms with Crippen LogP contribution in [0.3, 0.4) is 0 Å². The van der Waals surface area contributed by atoms with E-state index < -0.39 is 0 Å². The molecule has 0 saturated carbocycles. The molecule has 0 aliphatic rings. The smallest absolute Gasteiger partial charge is 0.112 e. The van der Waals surface area contributed by atoms with Crippen LogP contribution in [0.1, 0.15) is 6.92 Å². The number of quaternary nitrogens is 1. The van der Waals surface area contributed by atoms with Crippen molar-refractivity contribution in [1.82, 2.24) is 10.0 Å². The molecule has 3 heteroatoms. The highest BCUT2D eigenvalue weighted by Gasteiger charge is 2.25. The van der Waals surface area contributed by atoms with E-state index in [4.69, 9.17) is 0 Å². The molecule has 0 N–H and O–H groups in total. The van der Waals surface area contributed by atoms with Crippen molar-refractivity contribution in [3.63, 3.8) is 0 Å². The van der Waals surface area contributed by atoms with Crippen LogP contribution >= 0.6 is 0 Å². The second-order valence-corrected chi connectivity index (χ2v) is 3.10. The molecule has 0 aromatic rings. The minimum absolute atomic E-state index is 0.847. The van der Waals surface area contributed by atoms with Gasteiger partial charge in [0.15, 0.2) is 0 Å². The summed E-state index contributed by atoms with van der Waals surface area (Å²) in [6, 6.07) is 0. The molecule has 0 aliphatic carbocycles. The summed E-state index contributed by atoms with van der Waals surface area (Å²) in [4.78, 5) is 0. The van der Waals surface area contributed by atoms with E-state index in [1.807, 2.05) is 0 Å². The highest BCUT2D eigenvalue weighted by Crippen LogP contribution is 2.05. The normalized spacial score (nSPS) is 13.2. The minimum atomic E-state index is 0.847. The zero-order chi connectivity index (χ0) is 8.36. The van der Waals surface area contributed by atoms with E-state index in [-0.39, 0.29) is 0 Å². The lowest BCUT2D eigenvalue weighted by Crippen LogP contribution is -2.61. The summed E-state index contributed by atoms with van der Waals surface area (Å²) >= 11 is 0. The lowest BCUT2D eigenvalue weighted by atomic mass is 10.6. The molecular weight excluding hydrogens is 126 g/mol. The van der Waals surface area contributed by atoms with Crippen LogP contribution in [-0.2, 0) is 0 Å². The van der Waals surface area contributed by atoms with Gasteiger partial charge in [-0.2, -0.15) is 4.70 Å². The number of rotatable bonds is 3. The molecule has 10 heavy (non-hydrogen) atoms. The Morgan fingerprint density at radius 2 is 1.30 bits per heavy atom. The summed E-state index contributed by atoms with van der Waals surface area (Å²) in [6.45, 7) is 3.26. The van der Waals surface area contributed by atoms with Gasteiger partial charge in [0.05, 0.1) is 0 Å². The predicted octanol–water partition coefficient (Wildman–Crippen LogP) is 0.406. The van der Waals surface area contributed by atoms with Gasteiger partial charge >= 0.3 is 0 Å². The van der Waals surface area contributed by atoms with Crippen molar-refractivity contribution in [3.05, 3.63) is 0 Å². The zero-order valence-electron chi connectivity index (χ0n) is 8.05. The monoisotopic (exact) mass is 146 g/mol. The largest absolute Gasteiger partial charge is 0.170 e. The summed E-state index contributed by atoms with van der Waals surface area (Å²) in [5.74, 6) is 0. The van der Waals surface area contributed by atoms with Crippen LogP contribution in [0.25, 0.3) is 0 Å². The van der Waals surface area contributed by atoms with Gasteiger partial charge in [-0.3, -0.25) is 0 Å². The number of hydrogen-bond donors (Lipinski definition) is 0. The molecule has 0 rings (SSSR count). The lowest BCUT2D eigenvalue weighted by Gasteiger charge is -2.41. The Balaban J connectivity index is 4.23. The maximum absolute atomic E-state index is 2.18. The van der Waals surface area contributed by atoms with Gasteiger partial charge in [-0.1, -0.05) is 0 Å². The third-order valence-corrected chi connectivity index (χ3v) is 2.32. The Morgan fingerprint density at radius 3 is 1.30 bits per heavy atom. The maximum Gasteiger partial charge on any atom is 0.112 e. The molecule has 0 atom stereocenters. The van der Waals surface area contributed by atoms with Crippen molar-refractivity contribution in [2.24, 2.45) is 0 Å². The van der Waals surface area contributed by atoms with E-state index in [1.54, 1.807) is 0 Å². The Hall–Kier alpha value is -0.120. The van der Waals surface area contributed by atoms with Gasteiger partial charge in [0.25, 0.3) is 0 Å². The Morgan fingerprint density at radius 1 is 1.00 bits per heavy atom. The van der Waals surface area contributed by atoms with Gasteiger partial charge in [0.2, 0.25) is 0 Å². The first kappa shape index (κ1) is 9.88. The van der Waals surface area contributed by atoms with Crippen LogP contribution in [-0.4, -0.2) is 56.5 Å². The zero-order valence-corrected chi connectivity index (χ0v) is 8.05. The predicted molar refractivity (Wildman–Crippen MR) is 44.1 cm³/mol. The lowest BCUT2D eigenvalue weighted by molar-refractivity contribution is -1.10. The van der Waals surface area contributed by atoms with Crippen LogP contribution in [0.2, 0.25) is 0 Å². The van der Waals surface area contributed by atoms with E-state index in [2.05, 4.69) is 52.2 Å². The molecule has 0 spiro atoms. The first-order valence-electron chi connectivity index (χ1n) is 3.66. The molecule has 0 radical (unpaired) electrons. The fourth-order valence-corrected chi connectivity index (χ4v) is 0.923. The average molecular weight is 146 g/mol. The molecule has 3 nitrogen and oxygen atoms in total. The highest BCUT2D eigenvalue weighted by molar-refractivity contribution is 4.20. The van der Waals surface area contributed by atoms with E-state index in [1.165, 1.54) is 0 Å². The van der Waals surface area contributed by atoms with Crippen LogP contribution in [0.15, 0.2) is 0 Å². The fraction of sp³-hybridized carbons (Fsp3) is 1.00. The molecule has 0 aromatic carbocycles. The van der Waals surface area contributed by atoms with Crippen LogP contribution in [0, 0.1) is 0 Å². The average Bonchev–Trinajstić information content (AvgIpc) is 1.85. The third kappa shape index (κ3) is 1.68. The summed E-state index contributed by atoms with van der Waals surface area (Å²) in [5.41, 5.74) is 0. The Labute approximate surface area is 64.4 Å². The summed E-state index contributed by atoms with van der Waals surface area (Å²) in [6.07, 6.45) is 0. The second kappa shape index (κ2) is 3.32. The van der Waals surface area contributed by atoms with E-state index in [0.717, 1.165) is 11.2 Å². The molecular formula is C7H20N3+. The van der Waals surface area contributed by atoms with Gasteiger partial charge in [-0.15, -0.1) is 10.0 Å². The maximum atomic E-state index is 2.18. The van der Waals surface area contributed by atoms with Crippen molar-refractivity contribution in [3.8, 4) is 0 Å². The van der Waals surface area contributed by atoms with Gasteiger partial charge < -0.3 is 0 Å². The van der Waals surface area contributed by atoms with Crippen LogP contribution in [0.5, 0.6) is 0 Å². The molecule has 0 unspecified atom stereocenters.